The molecule has 0 aliphatic carbocycles. The fourth-order valence-corrected chi connectivity index (χ4v) is 3.26. The van der Waals surface area contributed by atoms with Crippen molar-refractivity contribution in [3.63, 3.8) is 0 Å². The second kappa shape index (κ2) is 7.30. The van der Waals surface area contributed by atoms with Crippen LogP contribution in [-0.2, 0) is 0 Å². The summed E-state index contributed by atoms with van der Waals surface area (Å²) in [7, 11) is 1.30. The van der Waals surface area contributed by atoms with Crippen LogP contribution >= 0.6 is 0 Å². The molecule has 152 valence electrons. The molecule has 2 aromatic rings. The number of aromatic hydroxyl groups is 1. The quantitative estimate of drug-likeness (QED) is 0.620. The number of carbonyl (C=O) groups is 3. The van der Waals surface area contributed by atoms with Crippen molar-refractivity contribution in [1.29, 1.82) is 0 Å². The van der Waals surface area contributed by atoms with Gasteiger partial charge in [-0.3, -0.25) is 29.1 Å². The summed E-state index contributed by atoms with van der Waals surface area (Å²) in [6, 6.07) is 3.60. The zero-order chi connectivity index (χ0) is 21.5. The maximum absolute atomic E-state index is 12.8. The number of ether oxygens (including phenoxy) is 1. The number of fused-ring (bicyclic) bond motifs is 1. The van der Waals surface area contributed by atoms with E-state index in [1.54, 1.807) is 4.90 Å². The smallest absolute Gasteiger partial charge is 0.262 e. The van der Waals surface area contributed by atoms with Crippen molar-refractivity contribution < 1.29 is 24.2 Å². The normalized spacial score (nSPS) is 12.5. The van der Waals surface area contributed by atoms with Crippen molar-refractivity contribution in [3.8, 4) is 17.2 Å². The van der Waals surface area contributed by atoms with E-state index in [1.807, 2.05) is 13.8 Å². The van der Waals surface area contributed by atoms with Crippen LogP contribution in [0.25, 0.3) is 5.69 Å². The predicted molar refractivity (Wildman–Crippen MR) is 104 cm³/mol. The lowest BCUT2D eigenvalue weighted by Crippen LogP contribution is -2.31. The number of benzene rings is 1. The van der Waals surface area contributed by atoms with Crippen molar-refractivity contribution in [2.45, 2.75) is 13.8 Å². The Morgan fingerprint density at radius 3 is 2.41 bits per heavy atom. The molecule has 1 aromatic heterocycles. The van der Waals surface area contributed by atoms with Gasteiger partial charge in [0.05, 0.1) is 23.9 Å². The highest BCUT2D eigenvalue weighted by Crippen LogP contribution is 2.36. The third-order valence-electron chi connectivity index (χ3n) is 4.77. The van der Waals surface area contributed by atoms with E-state index in [1.165, 1.54) is 19.2 Å². The summed E-state index contributed by atoms with van der Waals surface area (Å²) >= 11 is 0. The molecule has 0 spiro atoms. The Labute approximate surface area is 165 Å². The summed E-state index contributed by atoms with van der Waals surface area (Å²) in [4.78, 5) is 50.9. The van der Waals surface area contributed by atoms with Crippen LogP contribution in [-0.4, -0.2) is 52.5 Å². The van der Waals surface area contributed by atoms with Crippen LogP contribution < -0.4 is 21.3 Å². The van der Waals surface area contributed by atoms with Gasteiger partial charge >= 0.3 is 0 Å². The number of imide groups is 1. The molecule has 0 atom stereocenters. The molecule has 2 heterocycles. The number of hydrogen-bond donors (Lipinski definition) is 3. The van der Waals surface area contributed by atoms with Gasteiger partial charge in [0, 0.05) is 24.7 Å². The van der Waals surface area contributed by atoms with E-state index >= 15 is 0 Å². The van der Waals surface area contributed by atoms with Gasteiger partial charge in [-0.2, -0.15) is 0 Å². The predicted octanol–water partition coefficient (Wildman–Crippen LogP) is 0.499. The number of pyridine rings is 1. The van der Waals surface area contributed by atoms with Crippen LogP contribution in [0, 0.1) is 0 Å². The van der Waals surface area contributed by atoms with Crippen LogP contribution in [0.5, 0.6) is 11.5 Å². The number of phenols is 1. The molecule has 3 rings (SSSR count). The lowest BCUT2D eigenvalue weighted by Gasteiger charge is -2.21. The Hall–Kier alpha value is -3.82. The van der Waals surface area contributed by atoms with Crippen LogP contribution in [0.4, 0.5) is 5.82 Å². The number of phenolic OH excluding ortho intramolecular Hbond substituents is 1. The number of rotatable bonds is 5. The Morgan fingerprint density at radius 1 is 1.17 bits per heavy atom. The number of nitrogens with two attached hydrogens (primary N) is 1. The third-order valence-corrected chi connectivity index (χ3v) is 4.77. The number of amides is 3. The summed E-state index contributed by atoms with van der Waals surface area (Å²) in [5.74, 6) is -2.64. The number of anilines is 1. The molecule has 0 saturated heterocycles. The molecular formula is C19H20N4O6. The number of aromatic nitrogens is 1. The summed E-state index contributed by atoms with van der Waals surface area (Å²) in [5.41, 5.74) is 4.97. The zero-order valence-corrected chi connectivity index (χ0v) is 16.1. The molecule has 0 fully saturated rings. The van der Waals surface area contributed by atoms with E-state index in [2.05, 4.69) is 5.32 Å². The highest BCUT2D eigenvalue weighted by molar-refractivity contribution is 6.23. The Morgan fingerprint density at radius 2 is 1.83 bits per heavy atom. The third kappa shape index (κ3) is 3.08. The molecule has 0 radical (unpaired) electrons. The largest absolute Gasteiger partial charge is 0.503 e. The van der Waals surface area contributed by atoms with Crippen molar-refractivity contribution in [3.05, 3.63) is 45.2 Å². The molecular weight excluding hydrogens is 380 g/mol. The monoisotopic (exact) mass is 400 g/mol. The molecule has 0 unspecified atom stereocenters. The summed E-state index contributed by atoms with van der Waals surface area (Å²) in [6.07, 6.45) is 0. The first-order valence-corrected chi connectivity index (χ1v) is 8.86. The first-order valence-electron chi connectivity index (χ1n) is 8.86. The van der Waals surface area contributed by atoms with Gasteiger partial charge in [-0.15, -0.1) is 0 Å². The second-order valence-electron chi connectivity index (χ2n) is 6.30. The van der Waals surface area contributed by atoms with Crippen molar-refractivity contribution in [1.82, 2.24) is 14.8 Å². The molecule has 0 saturated carbocycles. The second-order valence-corrected chi connectivity index (χ2v) is 6.30. The lowest BCUT2D eigenvalue weighted by molar-refractivity contribution is 0.0771. The van der Waals surface area contributed by atoms with Crippen LogP contribution in [0.2, 0.25) is 0 Å². The van der Waals surface area contributed by atoms with Crippen LogP contribution in [0.1, 0.15) is 44.9 Å². The van der Waals surface area contributed by atoms with Crippen LogP contribution in [0.15, 0.2) is 23.0 Å². The molecule has 4 N–H and O–H groups in total. The van der Waals surface area contributed by atoms with E-state index < -0.39 is 23.1 Å². The Balaban J connectivity index is 2.30. The van der Waals surface area contributed by atoms with E-state index in [-0.39, 0.29) is 39.9 Å². The van der Waals surface area contributed by atoms with Gasteiger partial charge in [0.2, 0.25) is 0 Å². The van der Waals surface area contributed by atoms with Gasteiger partial charge in [-0.1, -0.05) is 0 Å². The highest BCUT2D eigenvalue weighted by Gasteiger charge is 2.32. The van der Waals surface area contributed by atoms with E-state index in [4.69, 9.17) is 10.5 Å². The van der Waals surface area contributed by atoms with E-state index in [0.29, 0.717) is 13.1 Å². The average molecular weight is 400 g/mol. The first kappa shape index (κ1) is 19.9. The number of carbonyl (C=O) groups excluding carboxylic acids is 3. The van der Waals surface area contributed by atoms with Crippen molar-refractivity contribution in [2.75, 3.05) is 25.9 Å². The van der Waals surface area contributed by atoms with Gasteiger partial charge in [0.1, 0.15) is 5.82 Å². The molecule has 0 bridgehead atoms. The molecule has 1 aliphatic heterocycles. The minimum Gasteiger partial charge on any atom is -0.503 e. The van der Waals surface area contributed by atoms with Gasteiger partial charge < -0.3 is 20.5 Å². The van der Waals surface area contributed by atoms with Gasteiger partial charge in [0.15, 0.2) is 11.5 Å². The minimum atomic E-state index is -0.754. The maximum atomic E-state index is 12.8. The van der Waals surface area contributed by atoms with Crippen molar-refractivity contribution in [2.24, 2.45) is 0 Å². The standard InChI is InChI=1S/C19H20N4O6/c1-4-22(5-2)19(28)9-6-11(15(25)12(7-9)29-3)23-13(24)8-10-14(16(23)20)18(27)21-17(10)26/h6-8,25H,4-5,20H2,1-3H3,(H,21,26,27). The number of methoxy groups -OCH3 is 1. The Bertz CT molecular complexity index is 1100. The topological polar surface area (TPSA) is 144 Å². The SMILES string of the molecule is CCN(CC)C(=O)c1cc(OC)c(O)c(-n2c(N)c3c(cc2=O)C(=O)NC3=O)c1. The van der Waals surface area contributed by atoms with Gasteiger partial charge in [-0.05, 0) is 26.0 Å². The maximum Gasteiger partial charge on any atom is 0.262 e. The van der Waals surface area contributed by atoms with E-state index in [9.17, 15) is 24.3 Å². The summed E-state index contributed by atoms with van der Waals surface area (Å²) in [5, 5.41) is 12.7. The average Bonchev–Trinajstić information content (AvgIpc) is 2.97. The Kier molecular flexibility index (Phi) is 5.02. The molecule has 1 aliphatic rings. The summed E-state index contributed by atoms with van der Waals surface area (Å²) in [6.45, 7) is 4.55. The number of nitrogens with zero attached hydrogens (tertiary/aromatic N) is 2. The van der Waals surface area contributed by atoms with Crippen LogP contribution in [0.3, 0.4) is 0 Å². The molecule has 10 heteroatoms. The van der Waals surface area contributed by atoms with Gasteiger partial charge in [0.25, 0.3) is 23.3 Å². The molecule has 3 amide bonds. The van der Waals surface area contributed by atoms with E-state index in [0.717, 1.165) is 10.6 Å². The zero-order valence-electron chi connectivity index (χ0n) is 16.1. The fourth-order valence-electron chi connectivity index (χ4n) is 3.26. The van der Waals surface area contributed by atoms with Gasteiger partial charge in [-0.25, -0.2) is 0 Å². The lowest BCUT2D eigenvalue weighted by atomic mass is 10.1. The van der Waals surface area contributed by atoms with Crippen molar-refractivity contribution >= 4 is 23.5 Å². The minimum absolute atomic E-state index is 0.0506. The number of nitrogen functional groups attached to an aromatic ring is 1. The molecule has 29 heavy (non-hydrogen) atoms. The highest BCUT2D eigenvalue weighted by atomic mass is 16.5. The molecule has 1 aromatic carbocycles. The summed E-state index contributed by atoms with van der Waals surface area (Å²) < 4.78 is 6.01. The number of nitrogens with one attached hydrogen (secondary N) is 1. The molecule has 10 nitrogen and oxygen atoms in total. The first-order chi connectivity index (χ1) is 13.7. The number of hydrogen-bond acceptors (Lipinski definition) is 7. The fraction of sp³-hybridized carbons (Fsp3) is 0.263.